The van der Waals surface area contributed by atoms with E-state index >= 15 is 0 Å². The molecular formula is C21H13Cl2N3O5S. The monoisotopic (exact) mass is 489 g/mol. The Labute approximate surface area is 195 Å². The summed E-state index contributed by atoms with van der Waals surface area (Å²) in [6.07, 6.45) is 2.79. The first-order chi connectivity index (χ1) is 15.3. The van der Waals surface area contributed by atoms with Crippen molar-refractivity contribution in [3.8, 4) is 17.1 Å². The molecule has 0 aliphatic rings. The Balaban J connectivity index is 1.50. The summed E-state index contributed by atoms with van der Waals surface area (Å²) in [6, 6.07) is 11.2. The van der Waals surface area contributed by atoms with Crippen LogP contribution in [0.2, 0.25) is 10.0 Å². The number of ether oxygens (including phenoxy) is 1. The van der Waals surface area contributed by atoms with E-state index in [-0.39, 0.29) is 16.6 Å². The number of benzene rings is 2. The van der Waals surface area contributed by atoms with Crippen LogP contribution < -0.4 is 10.1 Å². The third-order valence-electron chi connectivity index (χ3n) is 4.33. The largest absolute Gasteiger partial charge is 0.494 e. The minimum absolute atomic E-state index is 0.120. The number of nitro groups is 1. The van der Waals surface area contributed by atoms with Crippen LogP contribution in [0.25, 0.3) is 27.6 Å². The summed E-state index contributed by atoms with van der Waals surface area (Å²) in [5.41, 5.74) is 0.987. The molecule has 0 saturated carbocycles. The lowest BCUT2D eigenvalue weighted by molar-refractivity contribution is -0.384. The van der Waals surface area contributed by atoms with Gasteiger partial charge in [-0.2, -0.15) is 0 Å². The Morgan fingerprint density at radius 2 is 2.06 bits per heavy atom. The normalized spacial score (nSPS) is 11.2. The van der Waals surface area contributed by atoms with Gasteiger partial charge >= 0.3 is 0 Å². The first-order valence-electron chi connectivity index (χ1n) is 9.01. The number of nitro benzene ring substituents is 1. The van der Waals surface area contributed by atoms with Crippen molar-refractivity contribution in [1.82, 2.24) is 4.98 Å². The third-order valence-corrected chi connectivity index (χ3v) is 5.79. The van der Waals surface area contributed by atoms with Gasteiger partial charge in [-0.1, -0.05) is 34.5 Å². The Bertz CT molecular complexity index is 1380. The first kappa shape index (κ1) is 21.8. The molecule has 0 aliphatic heterocycles. The smallest absolute Gasteiger partial charge is 0.274 e. The summed E-state index contributed by atoms with van der Waals surface area (Å²) >= 11 is 13.2. The van der Waals surface area contributed by atoms with E-state index in [1.54, 1.807) is 30.3 Å². The zero-order valence-corrected chi connectivity index (χ0v) is 18.6. The number of aromatic nitrogens is 1. The van der Waals surface area contributed by atoms with Crippen molar-refractivity contribution in [3.63, 3.8) is 0 Å². The highest BCUT2D eigenvalue weighted by Crippen LogP contribution is 2.36. The lowest BCUT2D eigenvalue weighted by atomic mass is 10.2. The van der Waals surface area contributed by atoms with Crippen molar-refractivity contribution < 1.29 is 18.9 Å². The molecule has 4 aromatic rings. The maximum Gasteiger partial charge on any atom is 0.274 e. The molecule has 0 bridgehead atoms. The molecule has 0 fully saturated rings. The van der Waals surface area contributed by atoms with E-state index in [0.717, 1.165) is 11.3 Å². The summed E-state index contributed by atoms with van der Waals surface area (Å²) in [5, 5.41) is 15.0. The minimum atomic E-state index is -0.516. The molecule has 1 N–H and O–H groups in total. The molecule has 2 heterocycles. The zero-order chi connectivity index (χ0) is 22.8. The number of carbonyl (C=O) groups excluding carboxylic acids is 1. The van der Waals surface area contributed by atoms with Gasteiger partial charge in [-0.3, -0.25) is 20.2 Å². The minimum Gasteiger partial charge on any atom is -0.494 e. The second-order valence-corrected chi connectivity index (χ2v) is 8.29. The summed E-state index contributed by atoms with van der Waals surface area (Å²) in [7, 11) is 1.40. The zero-order valence-electron chi connectivity index (χ0n) is 16.3. The predicted molar refractivity (Wildman–Crippen MR) is 125 cm³/mol. The van der Waals surface area contributed by atoms with Gasteiger partial charge in [0, 0.05) is 22.7 Å². The molecule has 0 aliphatic carbocycles. The maximum absolute atomic E-state index is 12.3. The number of anilines is 1. The van der Waals surface area contributed by atoms with E-state index in [9.17, 15) is 14.9 Å². The van der Waals surface area contributed by atoms with Crippen LogP contribution in [-0.4, -0.2) is 22.9 Å². The highest BCUT2D eigenvalue weighted by atomic mass is 35.5. The van der Waals surface area contributed by atoms with Gasteiger partial charge in [-0.05, 0) is 36.4 Å². The number of nitrogens with zero attached hydrogens (tertiary/aromatic N) is 2. The average Bonchev–Trinajstić information content (AvgIpc) is 3.38. The number of amides is 1. The van der Waals surface area contributed by atoms with Gasteiger partial charge in [-0.25, -0.2) is 4.98 Å². The number of hydrogen-bond acceptors (Lipinski definition) is 7. The van der Waals surface area contributed by atoms with Crippen LogP contribution >= 0.6 is 34.5 Å². The Hall–Kier alpha value is -3.40. The maximum atomic E-state index is 12.3. The molecule has 0 radical (unpaired) electrons. The Morgan fingerprint density at radius 3 is 2.78 bits per heavy atom. The van der Waals surface area contributed by atoms with Crippen LogP contribution in [0.15, 0.2) is 53.0 Å². The number of carbonyl (C=O) groups is 1. The molecule has 0 saturated heterocycles. The van der Waals surface area contributed by atoms with E-state index < -0.39 is 10.8 Å². The number of non-ortho nitro benzene ring substituents is 1. The van der Waals surface area contributed by atoms with Gasteiger partial charge in [0.05, 0.1) is 27.8 Å². The number of rotatable bonds is 6. The fourth-order valence-corrected chi connectivity index (χ4v) is 4.30. The van der Waals surface area contributed by atoms with Crippen molar-refractivity contribution >= 4 is 67.6 Å². The van der Waals surface area contributed by atoms with E-state index in [1.807, 2.05) is 0 Å². The lowest BCUT2D eigenvalue weighted by Crippen LogP contribution is -2.07. The summed E-state index contributed by atoms with van der Waals surface area (Å²) in [5.74, 6) is 0.791. The number of fused-ring (bicyclic) bond motifs is 1. The van der Waals surface area contributed by atoms with E-state index in [0.29, 0.717) is 37.3 Å². The standard InChI is InChI=1S/C21H13Cl2N3O5S/c1-30-17-9-12(26(28)29)10-18-20(17)25-21(32-18)24-19(27)7-4-13-3-6-16(31-13)14-5-2-11(22)8-15(14)23/h2-10H,1H3,(H,24,25,27)/b7-4+. The fraction of sp³-hybridized carbons (Fsp3) is 0.0476. The molecule has 32 heavy (non-hydrogen) atoms. The third kappa shape index (κ3) is 4.59. The molecule has 11 heteroatoms. The van der Waals surface area contributed by atoms with Gasteiger partial charge in [0.15, 0.2) is 10.9 Å². The molecule has 1 amide bonds. The quantitative estimate of drug-likeness (QED) is 0.190. The average molecular weight is 490 g/mol. The van der Waals surface area contributed by atoms with Crippen molar-refractivity contribution in [2.24, 2.45) is 0 Å². The second kappa shape index (κ2) is 8.99. The highest BCUT2D eigenvalue weighted by molar-refractivity contribution is 7.22. The Morgan fingerprint density at radius 1 is 1.25 bits per heavy atom. The number of furan rings is 1. The summed E-state index contributed by atoms with van der Waals surface area (Å²) < 4.78 is 11.4. The molecule has 2 aromatic carbocycles. The molecule has 0 spiro atoms. The van der Waals surface area contributed by atoms with Gasteiger partial charge in [0.1, 0.15) is 17.0 Å². The van der Waals surface area contributed by atoms with Crippen molar-refractivity contribution in [2.45, 2.75) is 0 Å². The predicted octanol–water partition coefficient (Wildman–Crippen LogP) is 6.43. The van der Waals surface area contributed by atoms with Crippen LogP contribution in [0.3, 0.4) is 0 Å². The first-order valence-corrected chi connectivity index (χ1v) is 10.6. The van der Waals surface area contributed by atoms with E-state index in [1.165, 1.54) is 31.4 Å². The fourth-order valence-electron chi connectivity index (χ4n) is 2.88. The van der Waals surface area contributed by atoms with Crippen LogP contribution in [-0.2, 0) is 4.79 Å². The van der Waals surface area contributed by atoms with E-state index in [2.05, 4.69) is 10.3 Å². The lowest BCUT2D eigenvalue weighted by Gasteiger charge is -2.00. The molecule has 0 atom stereocenters. The highest BCUT2D eigenvalue weighted by Gasteiger charge is 2.17. The number of hydrogen-bond donors (Lipinski definition) is 1. The second-order valence-electron chi connectivity index (χ2n) is 6.42. The number of methoxy groups -OCH3 is 1. The van der Waals surface area contributed by atoms with Crippen molar-refractivity contribution in [1.29, 1.82) is 0 Å². The molecular weight excluding hydrogens is 477 g/mol. The van der Waals surface area contributed by atoms with E-state index in [4.69, 9.17) is 32.4 Å². The van der Waals surface area contributed by atoms with Crippen molar-refractivity contribution in [2.75, 3.05) is 12.4 Å². The van der Waals surface area contributed by atoms with Crippen LogP contribution in [0.1, 0.15) is 5.76 Å². The molecule has 8 nitrogen and oxygen atoms in total. The molecule has 0 unspecified atom stereocenters. The summed E-state index contributed by atoms with van der Waals surface area (Å²) in [4.78, 5) is 27.2. The molecule has 2 aromatic heterocycles. The Kier molecular flexibility index (Phi) is 6.13. The van der Waals surface area contributed by atoms with Gasteiger partial charge in [-0.15, -0.1) is 0 Å². The molecule has 162 valence electrons. The van der Waals surface area contributed by atoms with Gasteiger partial charge in [0.2, 0.25) is 5.91 Å². The number of thiazole rings is 1. The number of halogens is 2. The van der Waals surface area contributed by atoms with Gasteiger partial charge in [0.25, 0.3) is 5.69 Å². The van der Waals surface area contributed by atoms with Crippen LogP contribution in [0, 0.1) is 10.1 Å². The summed E-state index contributed by atoms with van der Waals surface area (Å²) in [6.45, 7) is 0. The van der Waals surface area contributed by atoms with Crippen LogP contribution in [0.5, 0.6) is 5.75 Å². The SMILES string of the molecule is COc1cc([N+](=O)[O-])cc2sc(NC(=O)/C=C/c3ccc(-c4ccc(Cl)cc4Cl)o3)nc12. The van der Waals surface area contributed by atoms with Gasteiger partial charge < -0.3 is 9.15 Å². The number of nitrogens with one attached hydrogen (secondary N) is 1. The topological polar surface area (TPSA) is 108 Å². The van der Waals surface area contributed by atoms with Crippen molar-refractivity contribution in [3.05, 3.63) is 74.5 Å². The van der Waals surface area contributed by atoms with Crippen LogP contribution in [0.4, 0.5) is 10.8 Å². The molecule has 4 rings (SSSR count).